The first-order chi connectivity index (χ1) is 5.11. The summed E-state index contributed by atoms with van der Waals surface area (Å²) in [5, 5.41) is 0. The SMILES string of the molecule is C[C@@H](Br)c1ccc(F)c(F)c1. The molecule has 1 aromatic rings. The van der Waals surface area contributed by atoms with E-state index < -0.39 is 11.6 Å². The van der Waals surface area contributed by atoms with Crippen LogP contribution in [0.5, 0.6) is 0 Å². The maximum Gasteiger partial charge on any atom is 0.159 e. The Kier molecular flexibility index (Phi) is 2.60. The minimum atomic E-state index is -0.804. The van der Waals surface area contributed by atoms with Gasteiger partial charge in [0.05, 0.1) is 0 Å². The quantitative estimate of drug-likeness (QED) is 0.637. The van der Waals surface area contributed by atoms with Gasteiger partial charge in [0.2, 0.25) is 0 Å². The second-order valence-corrected chi connectivity index (χ2v) is 3.66. The van der Waals surface area contributed by atoms with Crippen molar-refractivity contribution in [2.75, 3.05) is 0 Å². The third kappa shape index (κ3) is 1.99. The Morgan fingerprint density at radius 2 is 1.91 bits per heavy atom. The van der Waals surface area contributed by atoms with Crippen LogP contribution >= 0.6 is 15.9 Å². The van der Waals surface area contributed by atoms with Crippen molar-refractivity contribution in [1.29, 1.82) is 0 Å². The summed E-state index contributed by atoms with van der Waals surface area (Å²) in [5.74, 6) is -1.60. The van der Waals surface area contributed by atoms with Crippen LogP contribution in [0.1, 0.15) is 17.3 Å². The van der Waals surface area contributed by atoms with E-state index in [2.05, 4.69) is 15.9 Å². The predicted octanol–water partition coefficient (Wildman–Crippen LogP) is 3.42. The van der Waals surface area contributed by atoms with Crippen LogP contribution in [0.15, 0.2) is 18.2 Å². The second-order valence-electron chi connectivity index (χ2n) is 2.29. The topological polar surface area (TPSA) is 0 Å². The van der Waals surface area contributed by atoms with Crippen molar-refractivity contribution >= 4 is 15.9 Å². The summed E-state index contributed by atoms with van der Waals surface area (Å²) >= 11 is 3.25. The van der Waals surface area contributed by atoms with Gasteiger partial charge in [-0.2, -0.15) is 0 Å². The maximum absolute atomic E-state index is 12.5. The number of alkyl halides is 1. The molecule has 0 N–H and O–H groups in total. The molecule has 0 amide bonds. The van der Waals surface area contributed by atoms with Gasteiger partial charge < -0.3 is 0 Å². The molecule has 0 aliphatic heterocycles. The summed E-state index contributed by atoms with van der Waals surface area (Å²) in [6.07, 6.45) is 0. The predicted molar refractivity (Wildman–Crippen MR) is 43.7 cm³/mol. The van der Waals surface area contributed by atoms with Gasteiger partial charge in [0, 0.05) is 4.83 Å². The van der Waals surface area contributed by atoms with E-state index in [1.165, 1.54) is 6.07 Å². The van der Waals surface area contributed by atoms with E-state index in [0.717, 1.165) is 11.6 Å². The molecule has 60 valence electrons. The fraction of sp³-hybridized carbons (Fsp3) is 0.250. The lowest BCUT2D eigenvalue weighted by atomic mass is 10.2. The van der Waals surface area contributed by atoms with Gasteiger partial charge in [0.15, 0.2) is 11.6 Å². The van der Waals surface area contributed by atoms with E-state index in [4.69, 9.17) is 0 Å². The van der Waals surface area contributed by atoms with Crippen molar-refractivity contribution in [3.05, 3.63) is 35.4 Å². The zero-order chi connectivity index (χ0) is 8.43. The number of benzene rings is 1. The molecule has 0 bridgehead atoms. The van der Waals surface area contributed by atoms with Crippen LogP contribution < -0.4 is 0 Å². The number of hydrogen-bond donors (Lipinski definition) is 0. The van der Waals surface area contributed by atoms with Crippen LogP contribution in [-0.2, 0) is 0 Å². The average Bonchev–Trinajstić information content (AvgIpc) is 1.94. The normalized spacial score (nSPS) is 13.1. The molecule has 0 saturated heterocycles. The molecule has 1 rings (SSSR count). The molecule has 0 radical (unpaired) electrons. The van der Waals surface area contributed by atoms with Gasteiger partial charge in [0.25, 0.3) is 0 Å². The highest BCUT2D eigenvalue weighted by molar-refractivity contribution is 9.09. The minimum absolute atomic E-state index is 0.0533. The summed E-state index contributed by atoms with van der Waals surface area (Å²) < 4.78 is 24.9. The molecule has 0 unspecified atom stereocenters. The van der Waals surface area contributed by atoms with Crippen LogP contribution in [0.25, 0.3) is 0 Å². The van der Waals surface area contributed by atoms with E-state index >= 15 is 0 Å². The summed E-state index contributed by atoms with van der Waals surface area (Å²) in [7, 11) is 0. The lowest BCUT2D eigenvalue weighted by molar-refractivity contribution is 0.507. The van der Waals surface area contributed by atoms with E-state index in [-0.39, 0.29) is 4.83 Å². The van der Waals surface area contributed by atoms with E-state index in [0.29, 0.717) is 0 Å². The number of rotatable bonds is 1. The zero-order valence-electron chi connectivity index (χ0n) is 5.94. The van der Waals surface area contributed by atoms with Crippen LogP contribution in [0, 0.1) is 11.6 Å². The molecule has 0 heterocycles. The molecule has 0 fully saturated rings. The Labute approximate surface area is 72.4 Å². The van der Waals surface area contributed by atoms with Crippen molar-refractivity contribution < 1.29 is 8.78 Å². The van der Waals surface area contributed by atoms with Crippen molar-refractivity contribution in [3.8, 4) is 0 Å². The largest absolute Gasteiger partial charge is 0.204 e. The molecule has 1 atom stereocenters. The standard InChI is InChI=1S/C8H7BrF2/c1-5(9)6-2-3-7(10)8(11)4-6/h2-5H,1H3/t5-/m1/s1. The van der Waals surface area contributed by atoms with Crippen LogP contribution in [-0.4, -0.2) is 0 Å². The Bertz CT molecular complexity index is 258. The maximum atomic E-state index is 12.5. The van der Waals surface area contributed by atoms with Gasteiger partial charge in [-0.3, -0.25) is 0 Å². The molecule has 0 nitrogen and oxygen atoms in total. The molecular weight excluding hydrogens is 214 g/mol. The van der Waals surface area contributed by atoms with Crippen LogP contribution in [0.4, 0.5) is 8.78 Å². The Balaban J connectivity index is 3.05. The van der Waals surface area contributed by atoms with E-state index in [9.17, 15) is 8.78 Å². The number of hydrogen-bond acceptors (Lipinski definition) is 0. The third-order valence-electron chi connectivity index (χ3n) is 1.40. The molecule has 11 heavy (non-hydrogen) atoms. The van der Waals surface area contributed by atoms with Gasteiger partial charge in [-0.1, -0.05) is 22.0 Å². The summed E-state index contributed by atoms with van der Waals surface area (Å²) in [4.78, 5) is 0.0533. The lowest BCUT2D eigenvalue weighted by Gasteiger charge is -2.02. The summed E-state index contributed by atoms with van der Waals surface area (Å²) in [6, 6.07) is 3.87. The molecule has 0 spiro atoms. The van der Waals surface area contributed by atoms with Crippen molar-refractivity contribution in [2.45, 2.75) is 11.8 Å². The van der Waals surface area contributed by atoms with Crippen molar-refractivity contribution in [3.63, 3.8) is 0 Å². The molecule has 0 aliphatic carbocycles. The van der Waals surface area contributed by atoms with Crippen molar-refractivity contribution in [2.24, 2.45) is 0 Å². The van der Waals surface area contributed by atoms with Crippen LogP contribution in [0.3, 0.4) is 0 Å². The molecule has 3 heteroatoms. The monoisotopic (exact) mass is 220 g/mol. The molecule has 0 saturated carbocycles. The first kappa shape index (κ1) is 8.65. The van der Waals surface area contributed by atoms with Crippen molar-refractivity contribution in [1.82, 2.24) is 0 Å². The smallest absolute Gasteiger partial charge is 0.159 e. The molecule has 1 aromatic carbocycles. The zero-order valence-corrected chi connectivity index (χ0v) is 7.53. The van der Waals surface area contributed by atoms with E-state index in [1.54, 1.807) is 6.07 Å². The van der Waals surface area contributed by atoms with E-state index in [1.807, 2.05) is 6.92 Å². The second kappa shape index (κ2) is 3.30. The van der Waals surface area contributed by atoms with Gasteiger partial charge in [-0.25, -0.2) is 8.78 Å². The highest BCUT2D eigenvalue weighted by Crippen LogP contribution is 2.22. The van der Waals surface area contributed by atoms with Gasteiger partial charge in [-0.15, -0.1) is 0 Å². The molecule has 0 aliphatic rings. The van der Waals surface area contributed by atoms with Gasteiger partial charge in [0.1, 0.15) is 0 Å². The average molecular weight is 221 g/mol. The highest BCUT2D eigenvalue weighted by Gasteiger charge is 2.05. The van der Waals surface area contributed by atoms with Crippen LogP contribution in [0.2, 0.25) is 0 Å². The fourth-order valence-electron chi connectivity index (χ4n) is 0.760. The first-order valence-electron chi connectivity index (χ1n) is 3.20. The molecular formula is C8H7BrF2. The van der Waals surface area contributed by atoms with Gasteiger partial charge >= 0.3 is 0 Å². The Hall–Kier alpha value is -0.440. The Morgan fingerprint density at radius 1 is 1.27 bits per heavy atom. The number of halogens is 3. The fourth-order valence-corrected chi connectivity index (χ4v) is 1.04. The summed E-state index contributed by atoms with van der Waals surface area (Å²) in [5.41, 5.74) is 0.740. The lowest BCUT2D eigenvalue weighted by Crippen LogP contribution is -1.88. The Morgan fingerprint density at radius 3 is 2.36 bits per heavy atom. The highest BCUT2D eigenvalue weighted by atomic mass is 79.9. The first-order valence-corrected chi connectivity index (χ1v) is 4.12. The minimum Gasteiger partial charge on any atom is -0.204 e. The van der Waals surface area contributed by atoms with Gasteiger partial charge in [-0.05, 0) is 24.6 Å². The third-order valence-corrected chi connectivity index (χ3v) is 1.93. The molecule has 0 aromatic heterocycles. The summed E-state index contributed by atoms with van der Waals surface area (Å²) in [6.45, 7) is 1.85.